The van der Waals surface area contributed by atoms with Crippen molar-refractivity contribution in [3.8, 4) is 6.07 Å². The maximum atomic E-state index is 12.1. The van der Waals surface area contributed by atoms with Crippen LogP contribution in [-0.4, -0.2) is 66.6 Å². The van der Waals surface area contributed by atoms with Crippen LogP contribution >= 0.6 is 0 Å². The number of hydrogen-bond donors (Lipinski definition) is 2. The summed E-state index contributed by atoms with van der Waals surface area (Å²) in [7, 11) is 1.99. The summed E-state index contributed by atoms with van der Waals surface area (Å²) in [6.45, 7) is 3.27. The number of hydrogen-bond acceptors (Lipinski definition) is 5. The average molecular weight is 280 g/mol. The van der Waals surface area contributed by atoms with Crippen LogP contribution in [0.1, 0.15) is 12.8 Å². The van der Waals surface area contributed by atoms with E-state index in [0.717, 1.165) is 13.1 Å². The van der Waals surface area contributed by atoms with Crippen LogP contribution in [0.2, 0.25) is 0 Å². The number of likely N-dealkylation sites (N-methyl/N-ethyl adjacent to an activating group) is 1. The minimum absolute atomic E-state index is 0.0601. The first-order chi connectivity index (χ1) is 9.54. The van der Waals surface area contributed by atoms with E-state index in [-0.39, 0.29) is 17.9 Å². The normalized spacial score (nSPS) is 16.6. The van der Waals surface area contributed by atoms with Gasteiger partial charge in [0.2, 0.25) is 0 Å². The number of carbonyl (C=O) groups is 2. The fraction of sp³-hybridized carbons (Fsp3) is 0.615. The Morgan fingerprint density at radius 1 is 1.35 bits per heavy atom. The van der Waals surface area contributed by atoms with E-state index in [2.05, 4.69) is 10.2 Å². The molecule has 0 unspecified atom stereocenters. The molecule has 1 fully saturated rings. The lowest BCUT2D eigenvalue weighted by molar-refractivity contribution is -0.137. The number of carbonyl (C=O) groups excluding carboxylic acids is 1. The Kier molecular flexibility index (Phi) is 6.53. The number of aliphatic carboxylic acids is 1. The zero-order chi connectivity index (χ0) is 15.0. The van der Waals surface area contributed by atoms with Gasteiger partial charge in [-0.3, -0.25) is 9.59 Å². The summed E-state index contributed by atoms with van der Waals surface area (Å²) in [5, 5.41) is 20.3. The molecule has 0 aromatic carbocycles. The van der Waals surface area contributed by atoms with Crippen molar-refractivity contribution in [2.24, 2.45) is 0 Å². The van der Waals surface area contributed by atoms with Gasteiger partial charge in [-0.05, 0) is 13.5 Å². The van der Waals surface area contributed by atoms with Crippen molar-refractivity contribution in [3.63, 3.8) is 0 Å². The smallest absolute Gasteiger partial charge is 0.303 e. The number of carboxylic acids is 1. The van der Waals surface area contributed by atoms with Gasteiger partial charge in [-0.25, -0.2) is 0 Å². The number of rotatable bonds is 6. The van der Waals surface area contributed by atoms with E-state index in [4.69, 9.17) is 10.4 Å². The fourth-order valence-electron chi connectivity index (χ4n) is 1.84. The molecule has 0 aromatic rings. The van der Waals surface area contributed by atoms with Gasteiger partial charge < -0.3 is 20.2 Å². The zero-order valence-electron chi connectivity index (χ0n) is 11.6. The highest BCUT2D eigenvalue weighted by Gasteiger charge is 2.21. The second kappa shape index (κ2) is 8.17. The van der Waals surface area contributed by atoms with Crippen LogP contribution in [-0.2, 0) is 9.59 Å². The van der Waals surface area contributed by atoms with E-state index < -0.39 is 5.97 Å². The third kappa shape index (κ3) is 5.28. The summed E-state index contributed by atoms with van der Waals surface area (Å²) in [5.41, 5.74) is 0.0601. The predicted octanol–water partition coefficient (Wildman–Crippen LogP) is -0.378. The summed E-state index contributed by atoms with van der Waals surface area (Å²) >= 11 is 0. The first-order valence-electron chi connectivity index (χ1n) is 6.58. The van der Waals surface area contributed by atoms with Crippen molar-refractivity contribution >= 4 is 11.9 Å². The van der Waals surface area contributed by atoms with Gasteiger partial charge in [-0.2, -0.15) is 5.26 Å². The molecular weight excluding hydrogens is 260 g/mol. The zero-order valence-corrected chi connectivity index (χ0v) is 11.6. The van der Waals surface area contributed by atoms with Gasteiger partial charge in [0, 0.05) is 45.3 Å². The molecule has 1 aliphatic rings. The van der Waals surface area contributed by atoms with Crippen LogP contribution in [0.15, 0.2) is 11.8 Å². The molecule has 0 aliphatic carbocycles. The molecule has 0 radical (unpaired) electrons. The van der Waals surface area contributed by atoms with Crippen LogP contribution in [0, 0.1) is 11.3 Å². The lowest BCUT2D eigenvalue weighted by Crippen LogP contribution is -2.47. The number of piperazine rings is 1. The average Bonchev–Trinajstić information content (AvgIpc) is 2.42. The topological polar surface area (TPSA) is 96.7 Å². The van der Waals surface area contributed by atoms with Crippen molar-refractivity contribution < 1.29 is 14.7 Å². The molecule has 0 bridgehead atoms. The Morgan fingerprint density at radius 3 is 2.55 bits per heavy atom. The first-order valence-corrected chi connectivity index (χ1v) is 6.58. The lowest BCUT2D eigenvalue weighted by atomic mass is 10.2. The van der Waals surface area contributed by atoms with Crippen LogP contribution in [0.3, 0.4) is 0 Å². The highest BCUT2D eigenvalue weighted by molar-refractivity contribution is 5.97. The molecule has 0 spiro atoms. The van der Waals surface area contributed by atoms with E-state index in [1.807, 2.05) is 13.1 Å². The molecule has 1 heterocycles. The molecule has 0 atom stereocenters. The van der Waals surface area contributed by atoms with Gasteiger partial charge in [-0.1, -0.05) is 0 Å². The van der Waals surface area contributed by atoms with Crippen molar-refractivity contribution in [1.82, 2.24) is 15.1 Å². The quantitative estimate of drug-likeness (QED) is 0.391. The van der Waals surface area contributed by atoms with Gasteiger partial charge in [0.15, 0.2) is 0 Å². The Morgan fingerprint density at radius 2 is 2.00 bits per heavy atom. The van der Waals surface area contributed by atoms with Crippen LogP contribution in [0.5, 0.6) is 0 Å². The molecule has 1 amide bonds. The summed E-state index contributed by atoms with van der Waals surface area (Å²) < 4.78 is 0. The van der Waals surface area contributed by atoms with Gasteiger partial charge in [-0.15, -0.1) is 0 Å². The molecule has 1 aliphatic heterocycles. The number of nitriles is 1. The standard InChI is InChI=1S/C13H20N4O3/c1-16-5-7-17(8-6-16)13(20)11(9-14)10-15-4-2-3-12(18)19/h10,15H,2-8H2,1H3,(H,18,19)/b11-10-. The van der Waals surface area contributed by atoms with E-state index in [9.17, 15) is 9.59 Å². The second-order valence-electron chi connectivity index (χ2n) is 4.72. The van der Waals surface area contributed by atoms with Crippen molar-refractivity contribution in [2.45, 2.75) is 12.8 Å². The van der Waals surface area contributed by atoms with Crippen molar-refractivity contribution in [2.75, 3.05) is 39.8 Å². The molecule has 20 heavy (non-hydrogen) atoms. The fourth-order valence-corrected chi connectivity index (χ4v) is 1.84. The van der Waals surface area contributed by atoms with E-state index in [1.165, 1.54) is 6.20 Å². The Bertz CT molecular complexity index is 420. The third-order valence-electron chi connectivity index (χ3n) is 3.10. The monoisotopic (exact) mass is 280 g/mol. The molecule has 7 nitrogen and oxygen atoms in total. The summed E-state index contributed by atoms with van der Waals surface area (Å²) in [6.07, 6.45) is 1.89. The first kappa shape index (κ1) is 16.0. The summed E-state index contributed by atoms with van der Waals surface area (Å²) in [5.74, 6) is -1.13. The third-order valence-corrected chi connectivity index (χ3v) is 3.10. The Balaban J connectivity index is 2.42. The van der Waals surface area contributed by atoms with E-state index in [1.54, 1.807) is 4.90 Å². The lowest BCUT2D eigenvalue weighted by Gasteiger charge is -2.32. The molecule has 2 N–H and O–H groups in total. The Hall–Kier alpha value is -2.07. The van der Waals surface area contributed by atoms with Gasteiger partial charge in [0.1, 0.15) is 11.6 Å². The number of amides is 1. The van der Waals surface area contributed by atoms with Crippen LogP contribution < -0.4 is 5.32 Å². The minimum atomic E-state index is -0.857. The summed E-state index contributed by atoms with van der Waals surface area (Å²) in [4.78, 5) is 26.2. The van der Waals surface area contributed by atoms with Gasteiger partial charge >= 0.3 is 5.97 Å². The SMILES string of the molecule is CN1CCN(C(=O)/C(C#N)=C\NCCCC(=O)O)CC1. The minimum Gasteiger partial charge on any atom is -0.481 e. The van der Waals surface area contributed by atoms with E-state index in [0.29, 0.717) is 26.1 Å². The maximum absolute atomic E-state index is 12.1. The van der Waals surface area contributed by atoms with Crippen LogP contribution in [0.25, 0.3) is 0 Å². The van der Waals surface area contributed by atoms with Gasteiger partial charge in [0.25, 0.3) is 5.91 Å². The number of carboxylic acid groups (broad SMARTS) is 1. The molecule has 0 aromatic heterocycles. The highest BCUT2D eigenvalue weighted by atomic mass is 16.4. The van der Waals surface area contributed by atoms with Gasteiger partial charge in [0.05, 0.1) is 0 Å². The van der Waals surface area contributed by atoms with Crippen LogP contribution in [0.4, 0.5) is 0 Å². The highest BCUT2D eigenvalue weighted by Crippen LogP contribution is 2.05. The number of nitrogens with zero attached hydrogens (tertiary/aromatic N) is 3. The molecule has 1 saturated heterocycles. The predicted molar refractivity (Wildman–Crippen MR) is 72.6 cm³/mol. The Labute approximate surface area is 118 Å². The number of nitrogens with one attached hydrogen (secondary N) is 1. The molecule has 110 valence electrons. The van der Waals surface area contributed by atoms with Crippen molar-refractivity contribution in [1.29, 1.82) is 5.26 Å². The maximum Gasteiger partial charge on any atom is 0.303 e. The molecule has 1 rings (SSSR count). The molecule has 0 saturated carbocycles. The largest absolute Gasteiger partial charge is 0.481 e. The molecule has 7 heteroatoms. The van der Waals surface area contributed by atoms with Crippen molar-refractivity contribution in [3.05, 3.63) is 11.8 Å². The second-order valence-corrected chi connectivity index (χ2v) is 4.72. The summed E-state index contributed by atoms with van der Waals surface area (Å²) in [6, 6.07) is 1.89. The van der Waals surface area contributed by atoms with E-state index >= 15 is 0 Å². The molecular formula is C13H20N4O3.